The van der Waals surface area contributed by atoms with Crippen molar-refractivity contribution in [2.24, 2.45) is 0 Å². The van der Waals surface area contributed by atoms with Crippen LogP contribution in [0, 0.1) is 6.92 Å². The molecule has 2 N–H and O–H groups in total. The van der Waals surface area contributed by atoms with Crippen molar-refractivity contribution < 1.29 is 14.3 Å². The topological polar surface area (TPSA) is 73.9 Å². The van der Waals surface area contributed by atoms with Crippen LogP contribution in [0.1, 0.15) is 16.7 Å². The summed E-state index contributed by atoms with van der Waals surface area (Å²) in [6.07, 6.45) is 0. The zero-order valence-electron chi connectivity index (χ0n) is 17.7. The Morgan fingerprint density at radius 2 is 1.53 bits per heavy atom. The molecule has 0 aliphatic carbocycles. The van der Waals surface area contributed by atoms with Gasteiger partial charge in [-0.25, -0.2) is 4.79 Å². The van der Waals surface area contributed by atoms with Gasteiger partial charge in [0.25, 0.3) is 0 Å². The molecule has 1 fully saturated rings. The maximum atomic E-state index is 12.4. The second-order valence-corrected chi connectivity index (χ2v) is 7.53. The molecule has 1 saturated heterocycles. The van der Waals surface area contributed by atoms with Crippen LogP contribution < -0.4 is 15.4 Å². The Labute approximate surface area is 178 Å². The van der Waals surface area contributed by atoms with Gasteiger partial charge in [0, 0.05) is 39.3 Å². The second-order valence-electron chi connectivity index (χ2n) is 7.53. The predicted molar refractivity (Wildman–Crippen MR) is 116 cm³/mol. The van der Waals surface area contributed by atoms with Crippen LogP contribution in [0.4, 0.5) is 4.79 Å². The van der Waals surface area contributed by atoms with E-state index in [4.69, 9.17) is 4.74 Å². The highest BCUT2D eigenvalue weighted by atomic mass is 16.5. The number of carbonyl (C=O) groups excluding carboxylic acids is 2. The minimum Gasteiger partial charge on any atom is -0.497 e. The average Bonchev–Trinajstić information content (AvgIpc) is 2.78. The molecule has 0 spiro atoms. The molecule has 2 aromatic carbocycles. The van der Waals surface area contributed by atoms with Crippen molar-refractivity contribution in [1.82, 2.24) is 20.4 Å². The number of nitrogens with one attached hydrogen (secondary N) is 2. The Balaban J connectivity index is 1.34. The molecule has 0 atom stereocenters. The van der Waals surface area contributed by atoms with Gasteiger partial charge >= 0.3 is 6.03 Å². The van der Waals surface area contributed by atoms with E-state index in [9.17, 15) is 9.59 Å². The smallest absolute Gasteiger partial charge is 0.315 e. The molecular weight excluding hydrogens is 380 g/mol. The minimum absolute atomic E-state index is 0.0121. The lowest BCUT2D eigenvalue weighted by Crippen LogP contribution is -2.51. The van der Waals surface area contributed by atoms with Gasteiger partial charge in [-0.05, 0) is 30.2 Å². The summed E-state index contributed by atoms with van der Waals surface area (Å²) in [6.45, 7) is 6.29. The first-order chi connectivity index (χ1) is 14.5. The molecule has 1 aliphatic heterocycles. The maximum absolute atomic E-state index is 12.4. The van der Waals surface area contributed by atoms with Gasteiger partial charge in [0.15, 0.2) is 0 Å². The molecule has 3 rings (SSSR count). The Morgan fingerprint density at radius 1 is 0.900 bits per heavy atom. The number of ether oxygens (including phenoxy) is 1. The Kier molecular flexibility index (Phi) is 7.68. The SMILES string of the molecule is COc1ccc(CN2CCN(C(=O)CNC(=O)NCc3ccc(C)cc3)CC2)cc1. The first-order valence-electron chi connectivity index (χ1n) is 10.2. The van der Waals surface area contributed by atoms with Crippen LogP contribution >= 0.6 is 0 Å². The van der Waals surface area contributed by atoms with Crippen LogP contribution in [0.25, 0.3) is 0 Å². The summed E-state index contributed by atoms with van der Waals surface area (Å²) < 4.78 is 5.19. The zero-order chi connectivity index (χ0) is 21.3. The highest BCUT2D eigenvalue weighted by Crippen LogP contribution is 2.14. The Morgan fingerprint density at radius 3 is 2.17 bits per heavy atom. The number of piperazine rings is 1. The highest BCUT2D eigenvalue weighted by molar-refractivity contribution is 5.84. The fourth-order valence-electron chi connectivity index (χ4n) is 3.36. The van der Waals surface area contributed by atoms with Crippen molar-refractivity contribution in [1.29, 1.82) is 0 Å². The van der Waals surface area contributed by atoms with Crippen molar-refractivity contribution >= 4 is 11.9 Å². The standard InChI is InChI=1S/C23H30N4O3/c1-18-3-5-19(6-4-18)15-24-23(29)25-16-22(28)27-13-11-26(12-14-27)17-20-7-9-21(30-2)10-8-20/h3-10H,11-17H2,1-2H3,(H2,24,25,29). The van der Waals surface area contributed by atoms with E-state index in [0.717, 1.165) is 30.9 Å². The molecule has 0 unspecified atom stereocenters. The van der Waals surface area contributed by atoms with E-state index in [1.165, 1.54) is 11.1 Å². The number of urea groups is 1. The minimum atomic E-state index is -0.331. The lowest BCUT2D eigenvalue weighted by molar-refractivity contribution is -0.131. The molecule has 7 heteroatoms. The molecule has 30 heavy (non-hydrogen) atoms. The third-order valence-electron chi connectivity index (χ3n) is 5.26. The van der Waals surface area contributed by atoms with Gasteiger partial charge in [0.05, 0.1) is 13.7 Å². The highest BCUT2D eigenvalue weighted by Gasteiger charge is 2.21. The Hall–Kier alpha value is -3.06. The summed E-state index contributed by atoms with van der Waals surface area (Å²) in [4.78, 5) is 28.5. The van der Waals surface area contributed by atoms with Crippen molar-refractivity contribution in [3.63, 3.8) is 0 Å². The summed E-state index contributed by atoms with van der Waals surface area (Å²) in [7, 11) is 1.66. The molecule has 7 nitrogen and oxygen atoms in total. The number of rotatable bonds is 7. The van der Waals surface area contributed by atoms with Gasteiger partial charge in [-0.3, -0.25) is 9.69 Å². The molecule has 0 aromatic heterocycles. The van der Waals surface area contributed by atoms with Crippen LogP contribution in [0.15, 0.2) is 48.5 Å². The van der Waals surface area contributed by atoms with Crippen LogP contribution in [-0.2, 0) is 17.9 Å². The van der Waals surface area contributed by atoms with Crippen molar-refractivity contribution in [3.05, 3.63) is 65.2 Å². The number of hydrogen-bond donors (Lipinski definition) is 2. The van der Waals surface area contributed by atoms with Crippen molar-refractivity contribution in [2.45, 2.75) is 20.0 Å². The van der Waals surface area contributed by atoms with E-state index in [-0.39, 0.29) is 18.5 Å². The Bertz CT molecular complexity index is 829. The lowest BCUT2D eigenvalue weighted by atomic mass is 10.1. The number of carbonyl (C=O) groups is 2. The quantitative estimate of drug-likeness (QED) is 0.734. The number of benzene rings is 2. The summed E-state index contributed by atoms with van der Waals surface area (Å²) in [5.41, 5.74) is 3.43. The molecule has 0 saturated carbocycles. The fourth-order valence-corrected chi connectivity index (χ4v) is 3.36. The van der Waals surface area contributed by atoms with Gasteiger partial charge in [0.2, 0.25) is 5.91 Å². The number of hydrogen-bond acceptors (Lipinski definition) is 4. The van der Waals surface area contributed by atoms with E-state index in [1.54, 1.807) is 7.11 Å². The van der Waals surface area contributed by atoms with E-state index in [2.05, 4.69) is 27.7 Å². The summed E-state index contributed by atoms with van der Waals surface area (Å²) >= 11 is 0. The predicted octanol–water partition coefficient (Wildman–Crippen LogP) is 2.15. The van der Waals surface area contributed by atoms with Crippen LogP contribution in [-0.4, -0.2) is 61.6 Å². The van der Waals surface area contributed by atoms with Gasteiger partial charge in [-0.15, -0.1) is 0 Å². The third-order valence-corrected chi connectivity index (χ3v) is 5.26. The maximum Gasteiger partial charge on any atom is 0.315 e. The fraction of sp³-hybridized carbons (Fsp3) is 0.391. The molecule has 0 bridgehead atoms. The van der Waals surface area contributed by atoms with Crippen LogP contribution in [0.3, 0.4) is 0 Å². The number of aryl methyl sites for hydroxylation is 1. The summed E-state index contributed by atoms with van der Waals surface area (Å²) in [5, 5.41) is 5.44. The first-order valence-corrected chi connectivity index (χ1v) is 10.2. The first kappa shape index (κ1) is 21.6. The van der Waals surface area contributed by atoms with Gasteiger partial charge < -0.3 is 20.3 Å². The van der Waals surface area contributed by atoms with Gasteiger partial charge in [0.1, 0.15) is 5.75 Å². The molecule has 1 aliphatic rings. The van der Waals surface area contributed by atoms with Gasteiger partial charge in [-0.2, -0.15) is 0 Å². The average molecular weight is 411 g/mol. The monoisotopic (exact) mass is 410 g/mol. The van der Waals surface area contributed by atoms with Crippen molar-refractivity contribution in [2.75, 3.05) is 39.8 Å². The number of amides is 3. The largest absolute Gasteiger partial charge is 0.497 e. The molecule has 160 valence electrons. The number of nitrogens with zero attached hydrogens (tertiary/aromatic N) is 2. The van der Waals surface area contributed by atoms with Crippen LogP contribution in [0.2, 0.25) is 0 Å². The zero-order valence-corrected chi connectivity index (χ0v) is 17.7. The normalized spacial score (nSPS) is 14.3. The molecular formula is C23H30N4O3. The van der Waals surface area contributed by atoms with E-state index < -0.39 is 0 Å². The van der Waals surface area contributed by atoms with Gasteiger partial charge in [-0.1, -0.05) is 42.0 Å². The van der Waals surface area contributed by atoms with E-state index in [1.807, 2.05) is 48.2 Å². The summed E-state index contributed by atoms with van der Waals surface area (Å²) in [6, 6.07) is 15.7. The second kappa shape index (κ2) is 10.6. The van der Waals surface area contributed by atoms with E-state index in [0.29, 0.717) is 19.6 Å². The lowest BCUT2D eigenvalue weighted by Gasteiger charge is -2.34. The third kappa shape index (κ3) is 6.49. The molecule has 2 aromatic rings. The molecule has 1 heterocycles. The number of methoxy groups -OCH3 is 1. The molecule has 0 radical (unpaired) electrons. The van der Waals surface area contributed by atoms with Crippen molar-refractivity contribution in [3.8, 4) is 5.75 Å². The molecule has 3 amide bonds. The van der Waals surface area contributed by atoms with E-state index >= 15 is 0 Å². The summed E-state index contributed by atoms with van der Waals surface area (Å²) in [5.74, 6) is 0.800. The van der Waals surface area contributed by atoms with Crippen LogP contribution in [0.5, 0.6) is 5.75 Å².